The molecular formula is C29H50O. The van der Waals surface area contributed by atoms with Gasteiger partial charge in [-0.05, 0) is 110 Å². The molecular weight excluding hydrogens is 364 g/mol. The maximum Gasteiger partial charge on any atom is 0.0577 e. The minimum atomic E-state index is -0.0794. The normalized spacial score (nSPS) is 45.3. The molecule has 0 heterocycles. The second kappa shape index (κ2) is 8.57. The highest BCUT2D eigenvalue weighted by Crippen LogP contribution is 2.67. The molecule has 2 unspecified atom stereocenters. The lowest BCUT2D eigenvalue weighted by atomic mass is 9.47. The molecule has 0 saturated heterocycles. The third kappa shape index (κ3) is 3.74. The highest BCUT2D eigenvalue weighted by molar-refractivity contribution is 5.25. The number of rotatable bonds is 6. The lowest BCUT2D eigenvalue weighted by molar-refractivity contribution is -0.0575. The molecule has 30 heavy (non-hydrogen) atoms. The first-order valence-corrected chi connectivity index (χ1v) is 13.6. The molecule has 4 rings (SSSR count). The SMILES string of the molecule is CC[C@H](CC[C@H](C)[C@@H]1CCC2[C@H]3CC=C4C[C@@H](O)CC[C@@]4(C)C3CC[C@]21C)C(C)C. The highest BCUT2D eigenvalue weighted by Gasteiger charge is 2.59. The molecule has 0 aliphatic heterocycles. The quantitative estimate of drug-likeness (QED) is 0.436. The second-order valence-electron chi connectivity index (χ2n) is 12.9. The van der Waals surface area contributed by atoms with Crippen LogP contribution in [0.4, 0.5) is 0 Å². The number of allylic oxidation sites excluding steroid dienone is 1. The molecule has 3 saturated carbocycles. The first-order chi connectivity index (χ1) is 14.2. The van der Waals surface area contributed by atoms with Crippen LogP contribution in [0.5, 0.6) is 0 Å². The van der Waals surface area contributed by atoms with Crippen LogP contribution in [-0.4, -0.2) is 11.2 Å². The van der Waals surface area contributed by atoms with Crippen molar-refractivity contribution in [2.45, 2.75) is 118 Å². The number of fused-ring (bicyclic) bond motifs is 5. The lowest BCUT2D eigenvalue weighted by Gasteiger charge is -2.58. The van der Waals surface area contributed by atoms with Gasteiger partial charge < -0.3 is 5.11 Å². The lowest BCUT2D eigenvalue weighted by Crippen LogP contribution is -2.50. The zero-order chi connectivity index (χ0) is 21.7. The van der Waals surface area contributed by atoms with Gasteiger partial charge in [0, 0.05) is 0 Å². The van der Waals surface area contributed by atoms with Crippen LogP contribution in [0.25, 0.3) is 0 Å². The van der Waals surface area contributed by atoms with E-state index >= 15 is 0 Å². The van der Waals surface area contributed by atoms with Gasteiger partial charge in [-0.15, -0.1) is 0 Å². The van der Waals surface area contributed by atoms with Crippen molar-refractivity contribution in [2.75, 3.05) is 0 Å². The van der Waals surface area contributed by atoms with Crippen LogP contribution in [0.1, 0.15) is 112 Å². The first-order valence-electron chi connectivity index (χ1n) is 13.6. The van der Waals surface area contributed by atoms with Crippen molar-refractivity contribution in [1.82, 2.24) is 0 Å². The van der Waals surface area contributed by atoms with Crippen molar-refractivity contribution in [1.29, 1.82) is 0 Å². The molecule has 0 bridgehead atoms. The van der Waals surface area contributed by atoms with Crippen molar-refractivity contribution in [3.8, 4) is 0 Å². The van der Waals surface area contributed by atoms with Crippen LogP contribution >= 0.6 is 0 Å². The molecule has 1 nitrogen and oxygen atoms in total. The molecule has 4 aliphatic rings. The standard InChI is InChI=1S/C29H50O/c1-7-21(19(2)3)9-8-20(4)25-12-13-26-24-11-10-22-18-23(30)14-16-28(22,5)27(24)15-17-29(25,26)6/h10,19-21,23-27,30H,7-9,11-18H2,1-6H3/t20-,21+,23-,24+,25-,26?,27?,28+,29-/m0/s1. The Morgan fingerprint density at radius 3 is 2.47 bits per heavy atom. The fourth-order valence-electron chi connectivity index (χ4n) is 9.30. The van der Waals surface area contributed by atoms with Gasteiger partial charge in [0.2, 0.25) is 0 Å². The van der Waals surface area contributed by atoms with E-state index in [0.29, 0.717) is 10.8 Å². The summed E-state index contributed by atoms with van der Waals surface area (Å²) >= 11 is 0. The van der Waals surface area contributed by atoms with Gasteiger partial charge in [-0.2, -0.15) is 0 Å². The van der Waals surface area contributed by atoms with E-state index in [0.717, 1.165) is 54.3 Å². The van der Waals surface area contributed by atoms with Crippen molar-refractivity contribution in [3.63, 3.8) is 0 Å². The Morgan fingerprint density at radius 2 is 1.77 bits per heavy atom. The summed E-state index contributed by atoms with van der Waals surface area (Å²) in [6, 6.07) is 0. The molecule has 1 heteroatoms. The highest BCUT2D eigenvalue weighted by atomic mass is 16.3. The maximum atomic E-state index is 10.2. The molecule has 0 radical (unpaired) electrons. The van der Waals surface area contributed by atoms with Gasteiger partial charge >= 0.3 is 0 Å². The average Bonchev–Trinajstić information content (AvgIpc) is 3.06. The third-order valence-corrected chi connectivity index (χ3v) is 11.3. The average molecular weight is 415 g/mol. The number of hydrogen-bond donors (Lipinski definition) is 1. The Balaban J connectivity index is 1.47. The zero-order valence-corrected chi connectivity index (χ0v) is 20.9. The molecule has 172 valence electrons. The van der Waals surface area contributed by atoms with Crippen LogP contribution in [0, 0.1) is 52.3 Å². The summed E-state index contributed by atoms with van der Waals surface area (Å²) in [5, 5.41) is 10.2. The largest absolute Gasteiger partial charge is 0.393 e. The van der Waals surface area contributed by atoms with Crippen molar-refractivity contribution < 1.29 is 5.11 Å². The Labute approximate surface area is 187 Å². The van der Waals surface area contributed by atoms with Gasteiger partial charge in [0.15, 0.2) is 0 Å². The molecule has 9 atom stereocenters. The smallest absolute Gasteiger partial charge is 0.0577 e. The summed E-state index contributed by atoms with van der Waals surface area (Å²) in [4.78, 5) is 0. The molecule has 4 aliphatic carbocycles. The van der Waals surface area contributed by atoms with Crippen LogP contribution in [0.15, 0.2) is 11.6 Å². The molecule has 0 amide bonds. The van der Waals surface area contributed by atoms with Gasteiger partial charge in [-0.25, -0.2) is 0 Å². The van der Waals surface area contributed by atoms with Crippen molar-refractivity contribution in [2.24, 2.45) is 52.3 Å². The Bertz CT molecular complexity index is 634. The summed E-state index contributed by atoms with van der Waals surface area (Å²) < 4.78 is 0. The monoisotopic (exact) mass is 414 g/mol. The summed E-state index contributed by atoms with van der Waals surface area (Å²) in [5.74, 6) is 6.31. The van der Waals surface area contributed by atoms with Crippen LogP contribution < -0.4 is 0 Å². The van der Waals surface area contributed by atoms with E-state index in [1.165, 1.54) is 57.8 Å². The van der Waals surface area contributed by atoms with E-state index in [1.54, 1.807) is 5.57 Å². The predicted octanol–water partition coefficient (Wildman–Crippen LogP) is 8.02. The molecule has 0 spiro atoms. The fraction of sp³-hybridized carbons (Fsp3) is 0.931. The van der Waals surface area contributed by atoms with Crippen LogP contribution in [0.3, 0.4) is 0 Å². The van der Waals surface area contributed by atoms with Crippen molar-refractivity contribution in [3.05, 3.63) is 11.6 Å². The molecule has 1 N–H and O–H groups in total. The number of aliphatic hydroxyl groups excluding tert-OH is 1. The number of aliphatic hydroxyl groups is 1. The second-order valence-corrected chi connectivity index (χ2v) is 12.9. The van der Waals surface area contributed by atoms with Crippen LogP contribution in [0.2, 0.25) is 0 Å². The Hall–Kier alpha value is -0.300. The molecule has 0 aromatic rings. The van der Waals surface area contributed by atoms with E-state index in [1.807, 2.05) is 0 Å². The number of hydrogen-bond acceptors (Lipinski definition) is 1. The summed E-state index contributed by atoms with van der Waals surface area (Å²) in [6.45, 7) is 15.1. The Morgan fingerprint density at radius 1 is 1.00 bits per heavy atom. The maximum absolute atomic E-state index is 10.2. The van der Waals surface area contributed by atoms with Gasteiger partial charge in [-0.1, -0.05) is 66.0 Å². The molecule has 0 aromatic carbocycles. The topological polar surface area (TPSA) is 20.2 Å². The van der Waals surface area contributed by atoms with E-state index in [2.05, 4.69) is 47.6 Å². The van der Waals surface area contributed by atoms with Gasteiger partial charge in [0.1, 0.15) is 0 Å². The molecule has 3 fully saturated rings. The summed E-state index contributed by atoms with van der Waals surface area (Å²) in [6.07, 6.45) is 17.1. The molecule has 0 aromatic heterocycles. The summed E-state index contributed by atoms with van der Waals surface area (Å²) in [5.41, 5.74) is 2.59. The van der Waals surface area contributed by atoms with Crippen molar-refractivity contribution >= 4 is 0 Å². The van der Waals surface area contributed by atoms with E-state index < -0.39 is 0 Å². The minimum absolute atomic E-state index is 0.0794. The van der Waals surface area contributed by atoms with Crippen LogP contribution in [-0.2, 0) is 0 Å². The van der Waals surface area contributed by atoms with E-state index in [9.17, 15) is 5.11 Å². The third-order valence-electron chi connectivity index (χ3n) is 11.3. The predicted molar refractivity (Wildman–Crippen MR) is 128 cm³/mol. The summed E-state index contributed by atoms with van der Waals surface area (Å²) in [7, 11) is 0. The van der Waals surface area contributed by atoms with E-state index in [4.69, 9.17) is 0 Å². The van der Waals surface area contributed by atoms with E-state index in [-0.39, 0.29) is 6.10 Å². The first kappa shape index (κ1) is 22.9. The van der Waals surface area contributed by atoms with Gasteiger partial charge in [0.25, 0.3) is 0 Å². The minimum Gasteiger partial charge on any atom is -0.393 e. The van der Waals surface area contributed by atoms with Gasteiger partial charge in [0.05, 0.1) is 6.10 Å². The Kier molecular flexibility index (Phi) is 6.53. The zero-order valence-electron chi connectivity index (χ0n) is 20.9. The van der Waals surface area contributed by atoms with Gasteiger partial charge in [-0.3, -0.25) is 0 Å². The fourth-order valence-corrected chi connectivity index (χ4v) is 9.30.